The van der Waals surface area contributed by atoms with Crippen LogP contribution in [0.4, 0.5) is 0 Å². The monoisotopic (exact) mass is 245 g/mol. The first-order chi connectivity index (χ1) is 7.16. The molecule has 1 aliphatic heterocycles. The summed E-state index contributed by atoms with van der Waals surface area (Å²) < 4.78 is 6.67. The Balaban J connectivity index is 1.93. The summed E-state index contributed by atoms with van der Waals surface area (Å²) in [5.74, 6) is 0.623. The number of ether oxygens (including phenoxy) is 1. The molecule has 0 radical (unpaired) electrons. The fraction of sp³-hybridized carbons (Fsp3) is 0.636. The van der Waals surface area contributed by atoms with Crippen LogP contribution in [0, 0.1) is 5.92 Å². The van der Waals surface area contributed by atoms with Crippen LogP contribution in [0.3, 0.4) is 0 Å². The fourth-order valence-corrected chi connectivity index (χ4v) is 2.82. The van der Waals surface area contributed by atoms with Gasteiger partial charge in [-0.15, -0.1) is 11.3 Å². The van der Waals surface area contributed by atoms with E-state index >= 15 is 0 Å². The van der Waals surface area contributed by atoms with Crippen molar-refractivity contribution in [3.63, 3.8) is 0 Å². The molecular formula is C11H16ClNOS. The van der Waals surface area contributed by atoms with Crippen molar-refractivity contribution in [2.75, 3.05) is 13.2 Å². The molecule has 15 heavy (non-hydrogen) atoms. The van der Waals surface area contributed by atoms with Gasteiger partial charge in [-0.25, -0.2) is 0 Å². The lowest BCUT2D eigenvalue weighted by atomic mass is 10.0. The van der Waals surface area contributed by atoms with Crippen molar-refractivity contribution < 1.29 is 4.74 Å². The minimum absolute atomic E-state index is 0.178. The van der Waals surface area contributed by atoms with Gasteiger partial charge in [0.15, 0.2) is 0 Å². The molecule has 0 aliphatic carbocycles. The molecule has 0 spiro atoms. The summed E-state index contributed by atoms with van der Waals surface area (Å²) >= 11 is 7.51. The molecule has 2 heterocycles. The molecular weight excluding hydrogens is 230 g/mol. The van der Waals surface area contributed by atoms with Crippen LogP contribution in [0.1, 0.15) is 24.8 Å². The fourth-order valence-electron chi connectivity index (χ4n) is 1.71. The second kappa shape index (κ2) is 4.83. The zero-order chi connectivity index (χ0) is 10.8. The van der Waals surface area contributed by atoms with E-state index in [1.54, 1.807) is 11.3 Å². The first kappa shape index (κ1) is 11.4. The molecule has 1 saturated heterocycles. The highest BCUT2D eigenvalue weighted by Gasteiger charge is 2.24. The molecule has 2 rings (SSSR count). The Morgan fingerprint density at radius 1 is 1.53 bits per heavy atom. The molecule has 4 heteroatoms. The van der Waals surface area contributed by atoms with E-state index in [4.69, 9.17) is 16.3 Å². The van der Waals surface area contributed by atoms with Gasteiger partial charge in [-0.3, -0.25) is 0 Å². The Morgan fingerprint density at radius 3 is 2.80 bits per heavy atom. The number of thiophene rings is 1. The van der Waals surface area contributed by atoms with Gasteiger partial charge in [0.1, 0.15) is 6.10 Å². The molecule has 0 bridgehead atoms. The third-order valence-corrected chi connectivity index (χ3v) is 4.08. The average molecular weight is 246 g/mol. The predicted molar refractivity (Wildman–Crippen MR) is 64.7 cm³/mol. The lowest BCUT2D eigenvalue weighted by Crippen LogP contribution is -2.45. The zero-order valence-corrected chi connectivity index (χ0v) is 10.6. The molecule has 84 valence electrons. The quantitative estimate of drug-likeness (QED) is 0.865. The minimum atomic E-state index is 0.178. The highest BCUT2D eigenvalue weighted by molar-refractivity contribution is 7.16. The second-order valence-electron chi connectivity index (χ2n) is 4.22. The van der Waals surface area contributed by atoms with Crippen molar-refractivity contribution in [2.45, 2.75) is 26.0 Å². The van der Waals surface area contributed by atoms with Gasteiger partial charge < -0.3 is 10.1 Å². The summed E-state index contributed by atoms with van der Waals surface area (Å²) in [6.45, 7) is 6.10. The van der Waals surface area contributed by atoms with Crippen molar-refractivity contribution in [1.29, 1.82) is 0 Å². The van der Waals surface area contributed by atoms with Crippen LogP contribution >= 0.6 is 22.9 Å². The maximum absolute atomic E-state index is 5.90. The molecule has 2 unspecified atom stereocenters. The summed E-state index contributed by atoms with van der Waals surface area (Å²) in [6.07, 6.45) is 0.178. The maximum Gasteiger partial charge on any atom is 0.104 e. The van der Waals surface area contributed by atoms with Gasteiger partial charge in [0.05, 0.1) is 10.9 Å². The lowest BCUT2D eigenvalue weighted by molar-refractivity contribution is -0.00520. The van der Waals surface area contributed by atoms with Gasteiger partial charge >= 0.3 is 0 Å². The van der Waals surface area contributed by atoms with Crippen LogP contribution in [0.25, 0.3) is 0 Å². The molecule has 1 aliphatic rings. The summed E-state index contributed by atoms with van der Waals surface area (Å²) in [5, 5.41) is 3.51. The Kier molecular flexibility index (Phi) is 3.67. The van der Waals surface area contributed by atoms with Crippen molar-refractivity contribution in [2.24, 2.45) is 5.92 Å². The number of rotatable bonds is 2. The van der Waals surface area contributed by atoms with E-state index in [9.17, 15) is 0 Å². The van der Waals surface area contributed by atoms with E-state index in [0.717, 1.165) is 17.5 Å². The summed E-state index contributed by atoms with van der Waals surface area (Å²) in [4.78, 5) is 1.22. The van der Waals surface area contributed by atoms with E-state index in [2.05, 4.69) is 25.2 Å². The Hall–Kier alpha value is -0.0900. The summed E-state index contributed by atoms with van der Waals surface area (Å²) in [6, 6.07) is 4.46. The van der Waals surface area contributed by atoms with Crippen LogP contribution in [0.5, 0.6) is 0 Å². The first-order valence-corrected chi connectivity index (χ1v) is 6.46. The minimum Gasteiger partial charge on any atom is -0.370 e. The number of morpholine rings is 1. The number of hydrogen-bond donors (Lipinski definition) is 1. The van der Waals surface area contributed by atoms with Crippen molar-refractivity contribution in [3.8, 4) is 0 Å². The van der Waals surface area contributed by atoms with Crippen molar-refractivity contribution >= 4 is 22.9 Å². The molecule has 1 aromatic rings. The molecule has 1 N–H and O–H groups in total. The van der Waals surface area contributed by atoms with Crippen molar-refractivity contribution in [1.82, 2.24) is 5.32 Å². The van der Waals surface area contributed by atoms with Gasteiger partial charge in [-0.2, -0.15) is 0 Å². The van der Waals surface area contributed by atoms with Crippen LogP contribution in [-0.2, 0) is 4.74 Å². The summed E-state index contributed by atoms with van der Waals surface area (Å²) in [5.41, 5.74) is 0. The third kappa shape index (κ3) is 2.72. The van der Waals surface area contributed by atoms with Crippen molar-refractivity contribution in [3.05, 3.63) is 21.3 Å². The Bertz CT molecular complexity index is 318. The van der Waals surface area contributed by atoms with Crippen LogP contribution in [0.2, 0.25) is 4.34 Å². The largest absolute Gasteiger partial charge is 0.370 e. The lowest BCUT2D eigenvalue weighted by Gasteiger charge is -2.32. The average Bonchev–Trinajstić information content (AvgIpc) is 2.65. The molecule has 0 saturated carbocycles. The van der Waals surface area contributed by atoms with Gasteiger partial charge in [0, 0.05) is 17.5 Å². The van der Waals surface area contributed by atoms with E-state index in [1.807, 2.05) is 6.07 Å². The first-order valence-electron chi connectivity index (χ1n) is 5.27. The SMILES string of the molecule is CC(C)C1COC(c2ccc(Cl)s2)CN1. The van der Waals surface area contributed by atoms with E-state index in [0.29, 0.717) is 12.0 Å². The molecule has 0 amide bonds. The topological polar surface area (TPSA) is 21.3 Å². The highest BCUT2D eigenvalue weighted by Crippen LogP contribution is 2.30. The Morgan fingerprint density at radius 2 is 2.33 bits per heavy atom. The molecule has 1 fully saturated rings. The van der Waals surface area contributed by atoms with Crippen LogP contribution in [0.15, 0.2) is 12.1 Å². The molecule has 0 aromatic carbocycles. The smallest absolute Gasteiger partial charge is 0.104 e. The van der Waals surface area contributed by atoms with Gasteiger partial charge in [-0.1, -0.05) is 25.4 Å². The van der Waals surface area contributed by atoms with Gasteiger partial charge in [-0.05, 0) is 18.1 Å². The van der Waals surface area contributed by atoms with Crippen LogP contribution < -0.4 is 5.32 Å². The molecule has 2 nitrogen and oxygen atoms in total. The standard InChI is InChI=1S/C11H16ClNOS/c1-7(2)8-6-14-9(5-13-8)10-3-4-11(12)15-10/h3-4,7-9,13H,5-6H2,1-2H3. The predicted octanol–water partition coefficient (Wildman–Crippen LogP) is 3.09. The normalized spacial score (nSPS) is 27.2. The van der Waals surface area contributed by atoms with E-state index in [1.165, 1.54) is 4.88 Å². The Labute approximate surface area is 99.6 Å². The second-order valence-corrected chi connectivity index (χ2v) is 5.97. The van der Waals surface area contributed by atoms with Crippen LogP contribution in [-0.4, -0.2) is 19.2 Å². The zero-order valence-electron chi connectivity index (χ0n) is 9.00. The van der Waals surface area contributed by atoms with Gasteiger partial charge in [0.25, 0.3) is 0 Å². The van der Waals surface area contributed by atoms with Gasteiger partial charge in [0.2, 0.25) is 0 Å². The molecule has 2 atom stereocenters. The van der Waals surface area contributed by atoms with E-state index < -0.39 is 0 Å². The maximum atomic E-state index is 5.90. The summed E-state index contributed by atoms with van der Waals surface area (Å²) in [7, 11) is 0. The number of hydrogen-bond acceptors (Lipinski definition) is 3. The highest BCUT2D eigenvalue weighted by atomic mass is 35.5. The number of halogens is 1. The van der Waals surface area contributed by atoms with E-state index in [-0.39, 0.29) is 6.10 Å². The molecule has 1 aromatic heterocycles. The third-order valence-electron chi connectivity index (χ3n) is 2.76. The number of nitrogens with one attached hydrogen (secondary N) is 1.